The number of nitrogens with one attached hydrogen (secondary N) is 2. The van der Waals surface area contributed by atoms with Gasteiger partial charge in [-0.15, -0.1) is 0 Å². The molecule has 1 saturated carbocycles. The van der Waals surface area contributed by atoms with Gasteiger partial charge in [0.15, 0.2) is 11.5 Å². The van der Waals surface area contributed by atoms with E-state index in [-0.39, 0.29) is 53.0 Å². The molecule has 0 aliphatic heterocycles. The number of imidazole rings is 2. The Balaban J connectivity index is 1.26. The third kappa shape index (κ3) is 7.29. The first-order valence-corrected chi connectivity index (χ1v) is 18.0. The van der Waals surface area contributed by atoms with Crippen molar-refractivity contribution in [2.45, 2.75) is 66.7 Å². The number of amides is 4. The van der Waals surface area contributed by atoms with Crippen molar-refractivity contribution in [2.75, 3.05) is 17.2 Å². The van der Waals surface area contributed by atoms with Crippen LogP contribution in [0.2, 0.25) is 0 Å². The van der Waals surface area contributed by atoms with Gasteiger partial charge in [-0.25, -0.2) is 19.3 Å². The average Bonchev–Trinajstić information content (AvgIpc) is 3.44. The number of aromatic nitrogens is 9. The molecule has 56 heavy (non-hydrogen) atoms. The molecule has 5 heterocycles. The van der Waals surface area contributed by atoms with Crippen LogP contribution in [0.4, 0.5) is 16.3 Å². The Labute approximate surface area is 318 Å². The molecule has 0 saturated heterocycles. The molecule has 19 heteroatoms. The van der Waals surface area contributed by atoms with Crippen LogP contribution < -0.4 is 26.8 Å². The lowest BCUT2D eigenvalue weighted by Crippen LogP contribution is -2.20. The molecule has 1 fully saturated rings. The number of primary amides is 2. The minimum absolute atomic E-state index is 0.0162. The number of aryl methyl sites for hydroxylation is 4. The number of carbonyl (C=O) groups excluding carboxylic acids is 4. The van der Waals surface area contributed by atoms with E-state index in [1.54, 1.807) is 51.9 Å². The summed E-state index contributed by atoms with van der Waals surface area (Å²) in [7, 11) is 0. The van der Waals surface area contributed by atoms with Crippen LogP contribution in [-0.4, -0.2) is 73.9 Å². The fourth-order valence-electron chi connectivity index (χ4n) is 6.34. The molecular formula is C37H40FN13O5. The quantitative estimate of drug-likeness (QED) is 0.111. The van der Waals surface area contributed by atoms with Gasteiger partial charge in [-0.3, -0.25) is 43.7 Å². The molecule has 6 aromatic rings. The van der Waals surface area contributed by atoms with Gasteiger partial charge in [0.05, 0.1) is 29.1 Å². The second kappa shape index (κ2) is 15.1. The second-order valence-corrected chi connectivity index (χ2v) is 13.4. The van der Waals surface area contributed by atoms with E-state index in [9.17, 15) is 19.2 Å². The van der Waals surface area contributed by atoms with Gasteiger partial charge in [-0.2, -0.15) is 10.2 Å². The van der Waals surface area contributed by atoms with Gasteiger partial charge >= 0.3 is 0 Å². The average molecular weight is 766 g/mol. The Morgan fingerprint density at radius 3 is 2.00 bits per heavy atom. The standard InChI is InChI=1S/C37H40FN13O5/c1-5-50-25(13-19(3)46-50)34(54)44-36-42-24-15-22(31(39)52)17-41-33(24)49(36)12-8-7-11-48-30-27(56-18-21-9-10-21)16-23(32(40)53)28(38)29(30)43-37(48)45-35(55)26-14-20(4)47-51(26)6-2/h7-8,13-17,21H,5-6,9-12,18H2,1-4H3,(H2,39,52)(H2,40,53)(H,42,44,54)(H,43,45,55)/b8-7+. The summed E-state index contributed by atoms with van der Waals surface area (Å²) < 4.78 is 28.4. The van der Waals surface area contributed by atoms with E-state index in [2.05, 4.69) is 35.8 Å². The molecule has 1 aromatic carbocycles. The van der Waals surface area contributed by atoms with Crippen molar-refractivity contribution in [3.05, 3.63) is 82.3 Å². The molecule has 5 aromatic heterocycles. The first kappa shape index (κ1) is 37.4. The predicted molar refractivity (Wildman–Crippen MR) is 203 cm³/mol. The molecule has 4 amide bonds. The fraction of sp³-hybridized carbons (Fsp3) is 0.324. The van der Waals surface area contributed by atoms with Crippen LogP contribution in [0.15, 0.2) is 42.6 Å². The van der Waals surface area contributed by atoms with E-state index in [1.807, 2.05) is 13.8 Å². The number of carbonyl (C=O) groups is 4. The number of fused-ring (bicyclic) bond motifs is 2. The third-order valence-corrected chi connectivity index (χ3v) is 9.29. The number of allylic oxidation sites excluding steroid dienone is 2. The highest BCUT2D eigenvalue weighted by atomic mass is 19.1. The van der Waals surface area contributed by atoms with Crippen LogP contribution in [0.5, 0.6) is 5.75 Å². The number of hydrogen-bond donors (Lipinski definition) is 4. The summed E-state index contributed by atoms with van der Waals surface area (Å²) in [6.45, 7) is 8.65. The molecule has 1 aliphatic rings. The largest absolute Gasteiger partial charge is 0.491 e. The van der Waals surface area contributed by atoms with Crippen LogP contribution in [0.1, 0.15) is 79.8 Å². The molecule has 7 rings (SSSR count). The molecule has 1 aliphatic carbocycles. The maximum atomic E-state index is 15.9. The van der Waals surface area contributed by atoms with Crippen LogP contribution in [0.25, 0.3) is 22.2 Å². The van der Waals surface area contributed by atoms with E-state index in [4.69, 9.17) is 16.2 Å². The Morgan fingerprint density at radius 2 is 1.45 bits per heavy atom. The summed E-state index contributed by atoms with van der Waals surface area (Å²) in [5, 5.41) is 14.3. The highest BCUT2D eigenvalue weighted by Gasteiger charge is 2.28. The van der Waals surface area contributed by atoms with E-state index < -0.39 is 35.0 Å². The Bertz CT molecular complexity index is 2580. The molecule has 0 atom stereocenters. The number of nitrogens with two attached hydrogens (primary N) is 2. The molecular weight excluding hydrogens is 725 g/mol. The van der Waals surface area contributed by atoms with Gasteiger partial charge < -0.3 is 20.8 Å². The van der Waals surface area contributed by atoms with E-state index >= 15 is 4.39 Å². The van der Waals surface area contributed by atoms with Gasteiger partial charge in [0.2, 0.25) is 17.8 Å². The smallest absolute Gasteiger partial charge is 0.276 e. The number of benzene rings is 1. The van der Waals surface area contributed by atoms with Crippen molar-refractivity contribution >= 4 is 57.7 Å². The van der Waals surface area contributed by atoms with Gasteiger partial charge in [0.1, 0.15) is 33.7 Å². The number of pyridine rings is 1. The Kier molecular flexibility index (Phi) is 10.1. The summed E-state index contributed by atoms with van der Waals surface area (Å²) in [6, 6.07) is 6.04. The minimum Gasteiger partial charge on any atom is -0.491 e. The molecule has 0 bridgehead atoms. The zero-order valence-electron chi connectivity index (χ0n) is 31.2. The number of rotatable bonds is 15. The normalized spacial score (nSPS) is 12.9. The van der Waals surface area contributed by atoms with Crippen LogP contribution in [0.3, 0.4) is 0 Å². The number of ether oxygens (including phenoxy) is 1. The van der Waals surface area contributed by atoms with Crippen molar-refractivity contribution in [2.24, 2.45) is 17.4 Å². The topological polar surface area (TPSA) is 238 Å². The molecule has 0 radical (unpaired) electrons. The van der Waals surface area contributed by atoms with Crippen LogP contribution >= 0.6 is 0 Å². The van der Waals surface area contributed by atoms with Crippen LogP contribution in [-0.2, 0) is 26.2 Å². The van der Waals surface area contributed by atoms with Crippen molar-refractivity contribution < 1.29 is 28.3 Å². The van der Waals surface area contributed by atoms with E-state index in [0.29, 0.717) is 53.9 Å². The molecule has 0 spiro atoms. The lowest BCUT2D eigenvalue weighted by atomic mass is 10.1. The summed E-state index contributed by atoms with van der Waals surface area (Å²) in [6.07, 6.45) is 6.78. The second-order valence-electron chi connectivity index (χ2n) is 13.4. The maximum absolute atomic E-state index is 15.9. The monoisotopic (exact) mass is 765 g/mol. The number of nitrogens with zero attached hydrogens (tertiary/aromatic N) is 9. The lowest BCUT2D eigenvalue weighted by Gasteiger charge is -2.13. The fourth-order valence-corrected chi connectivity index (χ4v) is 6.34. The van der Waals surface area contributed by atoms with Crippen molar-refractivity contribution in [1.29, 1.82) is 0 Å². The van der Waals surface area contributed by atoms with Crippen molar-refractivity contribution in [3.8, 4) is 5.75 Å². The van der Waals surface area contributed by atoms with Gasteiger partial charge in [-0.05, 0) is 70.7 Å². The van der Waals surface area contributed by atoms with Gasteiger partial charge in [0.25, 0.3) is 17.7 Å². The molecule has 6 N–H and O–H groups in total. The van der Waals surface area contributed by atoms with E-state index in [1.165, 1.54) is 23.0 Å². The highest BCUT2D eigenvalue weighted by Crippen LogP contribution is 2.36. The van der Waals surface area contributed by atoms with Gasteiger partial charge in [-0.1, -0.05) is 12.2 Å². The van der Waals surface area contributed by atoms with Crippen LogP contribution in [0, 0.1) is 25.6 Å². The highest BCUT2D eigenvalue weighted by molar-refractivity contribution is 6.05. The minimum atomic E-state index is -0.996. The van der Waals surface area contributed by atoms with Crippen molar-refractivity contribution in [3.63, 3.8) is 0 Å². The first-order chi connectivity index (χ1) is 26.9. The molecule has 290 valence electrons. The van der Waals surface area contributed by atoms with E-state index in [0.717, 1.165) is 12.8 Å². The zero-order chi connectivity index (χ0) is 39.8. The maximum Gasteiger partial charge on any atom is 0.276 e. The van der Waals surface area contributed by atoms with Crippen molar-refractivity contribution in [1.82, 2.24) is 43.6 Å². The SMILES string of the molecule is CCn1nc(C)cc1C(=O)Nc1nc2cc(C(N)=O)cnc2n1C/C=C/Cn1c(NC(=O)c2cc(C)nn2CC)nc2c(F)c(C(N)=O)cc(OCC3CC3)c21. The predicted octanol–water partition coefficient (Wildman–Crippen LogP) is 3.72. The molecule has 18 nitrogen and oxygen atoms in total. The number of hydrogen-bond acceptors (Lipinski definition) is 10. The lowest BCUT2D eigenvalue weighted by molar-refractivity contribution is 0.0989. The summed E-state index contributed by atoms with van der Waals surface area (Å²) in [5.41, 5.74) is 13.4. The molecule has 0 unspecified atom stereocenters. The summed E-state index contributed by atoms with van der Waals surface area (Å²) in [4.78, 5) is 64.8. The first-order valence-electron chi connectivity index (χ1n) is 18.0. The third-order valence-electron chi connectivity index (χ3n) is 9.29. The Morgan fingerprint density at radius 1 is 0.857 bits per heavy atom. The van der Waals surface area contributed by atoms with Gasteiger partial charge in [0, 0.05) is 32.4 Å². The zero-order valence-corrected chi connectivity index (χ0v) is 31.2. The summed E-state index contributed by atoms with van der Waals surface area (Å²) in [5.74, 6) is -3.00. The number of anilines is 2. The summed E-state index contributed by atoms with van der Waals surface area (Å²) >= 11 is 0. The Hall–Kier alpha value is -6.92. The number of halogens is 1.